The van der Waals surface area contributed by atoms with Crippen LogP contribution < -0.4 is 25.2 Å². The van der Waals surface area contributed by atoms with Gasteiger partial charge in [0.05, 0.1) is 36.7 Å². The highest BCUT2D eigenvalue weighted by molar-refractivity contribution is 7.94. The van der Waals surface area contributed by atoms with Gasteiger partial charge >= 0.3 is 0 Å². The van der Waals surface area contributed by atoms with E-state index in [1.54, 1.807) is 56.4 Å². The number of unbranched alkanes of at least 4 members (excludes halogenated alkanes) is 13. The van der Waals surface area contributed by atoms with Gasteiger partial charge in [-0.15, -0.1) is 0 Å². The van der Waals surface area contributed by atoms with E-state index in [0.717, 1.165) is 48.6 Å². The lowest BCUT2D eigenvalue weighted by Crippen LogP contribution is -2.60. The molecule has 0 saturated carbocycles. The number of fused-ring (bicyclic) bond motifs is 1. The van der Waals surface area contributed by atoms with Gasteiger partial charge in [0.2, 0.25) is 33.0 Å². The molecule has 0 spiro atoms. The second-order valence-corrected chi connectivity index (χ2v) is 25.9. The highest BCUT2D eigenvalue weighted by Gasteiger charge is 2.48. The van der Waals surface area contributed by atoms with Gasteiger partial charge in [0.1, 0.15) is 11.3 Å². The maximum absolute atomic E-state index is 15.3. The SMILES string of the molecule is CCCCCCCCCCCCCCCCc1ccc(S(=O)ONc2ccccc2Cl)cc1NC(=O)C(Oc1ccc(S(=O)(=O)CC)cc1NS(=O)(=O)C(C)(C)C)C(=O)C1(C)CCc2ccccc2N1C. The van der Waals surface area contributed by atoms with Crippen molar-refractivity contribution in [3.05, 3.63) is 101 Å². The standard InChI is InChI=1S/C54H75ClN4O9S3/c1-8-10-11-12-13-14-15-16-17-18-19-20-21-22-27-40-32-33-42(69(62)68-57-45-30-25-24-29-44(45)55)38-46(40)56-52(61)50(51(60)54(6)37-36-41-28-23-26-31-48(41)59(54)7)67-49-35-34-43(70(63,64)9-2)39-47(49)58-71(65,66)53(3,4)5/h23-26,28-35,38-39,50,57-58H,8-22,27,36-37H2,1-7H3,(H,56,61). The molecular formula is C54H75ClN4O9S3. The Kier molecular flexibility index (Phi) is 21.4. The first kappa shape index (κ1) is 57.4. The Morgan fingerprint density at radius 3 is 2.00 bits per heavy atom. The van der Waals surface area contributed by atoms with E-state index in [1.807, 2.05) is 29.2 Å². The Bertz CT molecular complexity index is 2680. The Morgan fingerprint density at radius 1 is 0.775 bits per heavy atom. The average Bonchev–Trinajstić information content (AvgIpc) is 3.34. The summed E-state index contributed by atoms with van der Waals surface area (Å²) in [5.74, 6) is -2.00. The third-order valence-corrected chi connectivity index (χ3v) is 18.4. The van der Waals surface area contributed by atoms with Crippen LogP contribution in [0.5, 0.6) is 5.75 Å². The zero-order valence-corrected chi connectivity index (χ0v) is 45.8. The van der Waals surface area contributed by atoms with Crippen LogP contribution in [0.2, 0.25) is 5.02 Å². The predicted molar refractivity (Wildman–Crippen MR) is 289 cm³/mol. The molecule has 4 aromatic carbocycles. The number of amides is 1. The number of benzene rings is 4. The maximum Gasteiger partial charge on any atom is 0.273 e. The van der Waals surface area contributed by atoms with Crippen LogP contribution in [0.25, 0.3) is 0 Å². The number of aryl methyl sites for hydroxylation is 2. The number of para-hydroxylation sites is 2. The molecule has 390 valence electrons. The number of rotatable bonds is 29. The molecule has 17 heteroatoms. The number of hydrogen-bond donors (Lipinski definition) is 3. The van der Waals surface area contributed by atoms with Gasteiger partial charge in [-0.05, 0) is 113 Å². The Morgan fingerprint density at radius 2 is 1.38 bits per heavy atom. The predicted octanol–water partition coefficient (Wildman–Crippen LogP) is 12.6. The summed E-state index contributed by atoms with van der Waals surface area (Å²) >= 11 is 4.20. The average molecular weight is 1060 g/mol. The molecule has 1 aliphatic rings. The fraction of sp³-hybridized carbons (Fsp3) is 0.519. The van der Waals surface area contributed by atoms with Crippen LogP contribution in [0, 0.1) is 0 Å². The Hall–Kier alpha value is -4.48. The lowest BCUT2D eigenvalue weighted by atomic mass is 9.80. The minimum absolute atomic E-state index is 0.175. The van der Waals surface area contributed by atoms with E-state index >= 15 is 9.59 Å². The minimum atomic E-state index is -4.18. The van der Waals surface area contributed by atoms with Crippen LogP contribution in [0.15, 0.2) is 94.7 Å². The van der Waals surface area contributed by atoms with Crippen LogP contribution in [-0.2, 0) is 57.7 Å². The zero-order chi connectivity index (χ0) is 51.8. The summed E-state index contributed by atoms with van der Waals surface area (Å²) in [4.78, 5) is 32.2. The minimum Gasteiger partial charge on any atom is -0.470 e. The van der Waals surface area contributed by atoms with Crippen molar-refractivity contribution < 1.29 is 39.7 Å². The number of likely N-dealkylation sites (N-methyl/N-ethyl adjacent to an activating group) is 1. The number of anilines is 4. The third kappa shape index (κ3) is 15.8. The molecular weight excluding hydrogens is 980 g/mol. The maximum atomic E-state index is 15.3. The highest BCUT2D eigenvalue weighted by atomic mass is 35.5. The van der Waals surface area contributed by atoms with E-state index < -0.39 is 59.0 Å². The number of hydrogen-bond acceptors (Lipinski definition) is 11. The molecule has 71 heavy (non-hydrogen) atoms. The highest BCUT2D eigenvalue weighted by Crippen LogP contribution is 2.39. The van der Waals surface area contributed by atoms with Gasteiger partial charge in [-0.1, -0.05) is 145 Å². The topological polar surface area (TPSA) is 177 Å². The lowest BCUT2D eigenvalue weighted by molar-refractivity contribution is -0.138. The van der Waals surface area contributed by atoms with E-state index in [-0.39, 0.29) is 32.7 Å². The molecule has 0 radical (unpaired) electrons. The summed E-state index contributed by atoms with van der Waals surface area (Å²) in [6, 6.07) is 23.1. The van der Waals surface area contributed by atoms with Crippen LogP contribution >= 0.6 is 11.6 Å². The quantitative estimate of drug-likeness (QED) is 0.0268. The summed E-state index contributed by atoms with van der Waals surface area (Å²) in [5, 5.41) is 3.30. The van der Waals surface area contributed by atoms with Crippen molar-refractivity contribution >= 4 is 77.0 Å². The van der Waals surface area contributed by atoms with Gasteiger partial charge in [-0.3, -0.25) is 14.3 Å². The molecule has 1 aliphatic heterocycles. The lowest BCUT2D eigenvalue weighted by Gasteiger charge is -2.44. The summed E-state index contributed by atoms with van der Waals surface area (Å²) in [7, 11) is -6.25. The molecule has 3 N–H and O–H groups in total. The molecule has 3 unspecified atom stereocenters. The molecule has 4 aromatic rings. The number of sulfone groups is 1. The zero-order valence-electron chi connectivity index (χ0n) is 42.6. The third-order valence-electron chi connectivity index (χ3n) is 13.4. The van der Waals surface area contributed by atoms with Crippen molar-refractivity contribution in [3.8, 4) is 5.75 Å². The number of ether oxygens (including phenoxy) is 1. The number of nitrogens with zero attached hydrogens (tertiary/aromatic N) is 1. The van der Waals surface area contributed by atoms with Crippen molar-refractivity contribution in [2.24, 2.45) is 0 Å². The van der Waals surface area contributed by atoms with E-state index in [0.29, 0.717) is 30.0 Å². The molecule has 0 bridgehead atoms. The van der Waals surface area contributed by atoms with Gasteiger partial charge in [0.15, 0.2) is 9.84 Å². The van der Waals surface area contributed by atoms with E-state index in [4.69, 9.17) is 20.6 Å². The van der Waals surface area contributed by atoms with Gasteiger partial charge in [-0.25, -0.2) is 26.5 Å². The monoisotopic (exact) mass is 1050 g/mol. The van der Waals surface area contributed by atoms with Crippen molar-refractivity contribution in [1.82, 2.24) is 0 Å². The summed E-state index contributed by atoms with van der Waals surface area (Å²) in [5.41, 5.74) is 4.33. The largest absolute Gasteiger partial charge is 0.470 e. The molecule has 3 atom stereocenters. The van der Waals surface area contributed by atoms with Crippen molar-refractivity contribution in [2.45, 2.75) is 177 Å². The van der Waals surface area contributed by atoms with Crippen LogP contribution in [-0.4, -0.2) is 61.9 Å². The molecule has 5 rings (SSSR count). The second-order valence-electron chi connectivity index (χ2n) is 19.7. The molecule has 0 saturated heterocycles. The van der Waals surface area contributed by atoms with Gasteiger partial charge in [0, 0.05) is 18.4 Å². The smallest absolute Gasteiger partial charge is 0.273 e. The molecule has 1 amide bonds. The summed E-state index contributed by atoms with van der Waals surface area (Å²) < 4.78 is 80.4. The van der Waals surface area contributed by atoms with E-state index in [2.05, 4.69) is 22.4 Å². The van der Waals surface area contributed by atoms with E-state index in [9.17, 15) is 21.0 Å². The first-order valence-electron chi connectivity index (χ1n) is 25.2. The van der Waals surface area contributed by atoms with Crippen LogP contribution in [0.1, 0.15) is 149 Å². The Labute approximate surface area is 431 Å². The summed E-state index contributed by atoms with van der Waals surface area (Å²) in [6.45, 7) is 9.89. The van der Waals surface area contributed by atoms with Gasteiger partial charge < -0.3 is 15.0 Å². The van der Waals surface area contributed by atoms with Gasteiger partial charge in [-0.2, -0.15) is 4.28 Å². The number of sulfonamides is 1. The number of ketones is 1. The first-order valence-corrected chi connectivity index (χ1v) is 29.8. The molecule has 1 heterocycles. The van der Waals surface area contributed by atoms with Crippen LogP contribution in [0.4, 0.5) is 22.7 Å². The fourth-order valence-electron chi connectivity index (χ4n) is 8.51. The molecule has 0 fully saturated rings. The number of carbonyl (C=O) groups excluding carboxylic acids is 2. The summed E-state index contributed by atoms with van der Waals surface area (Å²) in [6.07, 6.45) is 16.3. The Balaban J connectivity index is 1.45. The number of carbonyl (C=O) groups is 2. The molecule has 0 aliphatic carbocycles. The normalized spacial score (nSPS) is 15.9. The van der Waals surface area contributed by atoms with Crippen molar-refractivity contribution in [2.75, 3.05) is 33.2 Å². The second kappa shape index (κ2) is 26.5. The number of halogens is 1. The molecule has 13 nitrogen and oxygen atoms in total. The number of Topliss-reactive ketones (excluding diaryl/α,β-unsaturated/α-hetero) is 1. The first-order chi connectivity index (χ1) is 33.7. The molecule has 0 aromatic heterocycles. The fourth-order valence-corrected chi connectivity index (χ4v) is 11.0. The van der Waals surface area contributed by atoms with Crippen molar-refractivity contribution in [3.63, 3.8) is 0 Å². The van der Waals surface area contributed by atoms with E-state index in [1.165, 1.54) is 104 Å². The number of nitrogens with one attached hydrogen (secondary N) is 3. The van der Waals surface area contributed by atoms with Gasteiger partial charge in [0.25, 0.3) is 5.91 Å². The van der Waals surface area contributed by atoms with Crippen molar-refractivity contribution in [1.29, 1.82) is 0 Å². The van der Waals surface area contributed by atoms with Crippen LogP contribution in [0.3, 0.4) is 0 Å².